The standard InChI is InChI=1S/C28H49IO2Si/c1-19(18-29)23-11-12-24-20(10-9-13-27(23,24)5)14-25(30-6)28-16-21(28)15-22(17-28)31-32(7,8)26(2,3)4/h14,19,21-25H,9-13,15-18H2,1-8H3/b20-14+/t19-,21?,22+,23?,24?,25?,27-,28?/m1/s1. The summed E-state index contributed by atoms with van der Waals surface area (Å²) in [5.74, 6) is 3.34. The Morgan fingerprint density at radius 3 is 2.56 bits per heavy atom. The van der Waals surface area contributed by atoms with Crippen LogP contribution >= 0.6 is 22.6 Å². The van der Waals surface area contributed by atoms with Crippen molar-refractivity contribution in [2.75, 3.05) is 11.5 Å². The summed E-state index contributed by atoms with van der Waals surface area (Å²) in [5.41, 5.74) is 2.62. The minimum absolute atomic E-state index is 0.288. The van der Waals surface area contributed by atoms with Crippen LogP contribution in [0, 0.1) is 34.5 Å². The molecule has 0 radical (unpaired) electrons. The molecule has 8 atom stereocenters. The van der Waals surface area contributed by atoms with Gasteiger partial charge in [0.05, 0.1) is 6.10 Å². The van der Waals surface area contributed by atoms with Crippen LogP contribution in [-0.2, 0) is 9.16 Å². The van der Waals surface area contributed by atoms with E-state index in [-0.39, 0.29) is 5.04 Å². The third-order valence-corrected chi connectivity index (χ3v) is 16.8. The summed E-state index contributed by atoms with van der Waals surface area (Å²) >= 11 is 2.61. The molecule has 0 saturated heterocycles. The van der Waals surface area contributed by atoms with Crippen LogP contribution in [0.2, 0.25) is 18.1 Å². The van der Waals surface area contributed by atoms with Crippen LogP contribution in [0.15, 0.2) is 11.6 Å². The van der Waals surface area contributed by atoms with Crippen molar-refractivity contribution in [2.45, 2.75) is 116 Å². The number of allylic oxidation sites excluding steroid dienone is 1. The molecular weight excluding hydrogens is 523 g/mol. The fourth-order valence-electron chi connectivity index (χ4n) is 7.93. The van der Waals surface area contributed by atoms with Gasteiger partial charge in [-0.05, 0) is 98.6 Å². The van der Waals surface area contributed by atoms with E-state index in [1.807, 2.05) is 7.11 Å². The fraction of sp³-hybridized carbons (Fsp3) is 0.929. The van der Waals surface area contributed by atoms with Gasteiger partial charge in [0.2, 0.25) is 0 Å². The summed E-state index contributed by atoms with van der Waals surface area (Å²) in [7, 11) is 0.258. The van der Waals surface area contributed by atoms with Gasteiger partial charge < -0.3 is 9.16 Å². The molecule has 4 aliphatic carbocycles. The molecule has 0 aromatic carbocycles. The van der Waals surface area contributed by atoms with Crippen molar-refractivity contribution in [3.8, 4) is 0 Å². The Hall–Kier alpha value is 0.607. The van der Waals surface area contributed by atoms with Gasteiger partial charge in [-0.25, -0.2) is 0 Å². The molecule has 184 valence electrons. The number of fused-ring (bicyclic) bond motifs is 2. The van der Waals surface area contributed by atoms with E-state index >= 15 is 0 Å². The summed E-state index contributed by atoms with van der Waals surface area (Å²) in [6.07, 6.45) is 14.1. The van der Waals surface area contributed by atoms with Crippen molar-refractivity contribution in [1.82, 2.24) is 0 Å². The summed E-state index contributed by atoms with van der Waals surface area (Å²) in [5, 5.41) is 0.288. The molecule has 0 aliphatic heterocycles. The van der Waals surface area contributed by atoms with E-state index < -0.39 is 8.32 Å². The highest BCUT2D eigenvalue weighted by Gasteiger charge is 2.65. The number of rotatable bonds is 7. The molecule has 0 N–H and O–H groups in total. The van der Waals surface area contributed by atoms with E-state index in [1.165, 1.54) is 55.8 Å². The fourth-order valence-corrected chi connectivity index (χ4v) is 9.91. The number of hydrogen-bond donors (Lipinski definition) is 0. The zero-order valence-corrected chi connectivity index (χ0v) is 25.3. The molecule has 5 unspecified atom stereocenters. The number of alkyl halides is 1. The average molecular weight is 573 g/mol. The van der Waals surface area contributed by atoms with Crippen LogP contribution in [0.4, 0.5) is 0 Å². The number of ether oxygens (including phenoxy) is 1. The van der Waals surface area contributed by atoms with E-state index in [1.54, 1.807) is 5.57 Å². The third kappa shape index (κ3) is 4.34. The van der Waals surface area contributed by atoms with Gasteiger partial charge in [0.1, 0.15) is 0 Å². The second-order valence-electron chi connectivity index (χ2n) is 13.7. The molecule has 0 spiro atoms. The second kappa shape index (κ2) is 8.92. The van der Waals surface area contributed by atoms with Crippen LogP contribution in [0.25, 0.3) is 0 Å². The minimum Gasteiger partial charge on any atom is -0.414 e. The van der Waals surface area contributed by atoms with Gasteiger partial charge in [0, 0.05) is 23.1 Å². The first kappa shape index (κ1) is 25.7. The Morgan fingerprint density at radius 2 is 1.94 bits per heavy atom. The molecule has 4 fully saturated rings. The first-order chi connectivity index (χ1) is 14.9. The normalized spacial score (nSPS) is 42.6. The SMILES string of the molecule is COC(/C=C1\CCC[C@@]2(C)C1CCC2[C@H](C)CI)C12CC1C[C@H](O[Si](C)(C)C(C)(C)C)C2. The lowest BCUT2D eigenvalue weighted by molar-refractivity contribution is 0.0568. The average Bonchev–Trinajstić information content (AvgIpc) is 3.08. The third-order valence-electron chi connectivity index (χ3n) is 10.9. The van der Waals surface area contributed by atoms with Crippen molar-refractivity contribution in [3.63, 3.8) is 0 Å². The molecule has 4 heteroatoms. The van der Waals surface area contributed by atoms with E-state index in [0.717, 1.165) is 23.7 Å². The van der Waals surface area contributed by atoms with Gasteiger partial charge in [0.25, 0.3) is 0 Å². The maximum atomic E-state index is 6.87. The maximum absolute atomic E-state index is 6.87. The van der Waals surface area contributed by atoms with Crippen LogP contribution in [0.5, 0.6) is 0 Å². The first-order valence-corrected chi connectivity index (χ1v) is 17.8. The summed E-state index contributed by atoms with van der Waals surface area (Å²) in [4.78, 5) is 0. The van der Waals surface area contributed by atoms with Crippen LogP contribution < -0.4 is 0 Å². The number of halogens is 1. The van der Waals surface area contributed by atoms with Crippen molar-refractivity contribution in [3.05, 3.63) is 11.6 Å². The molecule has 0 aromatic rings. The Kier molecular flexibility index (Phi) is 7.16. The molecule has 0 aromatic heterocycles. The van der Waals surface area contributed by atoms with Crippen molar-refractivity contribution in [2.24, 2.45) is 34.5 Å². The quantitative estimate of drug-likeness (QED) is 0.132. The topological polar surface area (TPSA) is 18.5 Å². The van der Waals surface area contributed by atoms with E-state index in [4.69, 9.17) is 9.16 Å². The highest BCUT2D eigenvalue weighted by molar-refractivity contribution is 14.1. The Bertz CT molecular complexity index is 727. The van der Waals surface area contributed by atoms with Gasteiger partial charge in [-0.2, -0.15) is 0 Å². The van der Waals surface area contributed by atoms with Crippen LogP contribution in [-0.4, -0.2) is 32.1 Å². The van der Waals surface area contributed by atoms with E-state index in [2.05, 4.69) is 76.4 Å². The second-order valence-corrected chi connectivity index (χ2v) is 19.3. The van der Waals surface area contributed by atoms with Crippen LogP contribution in [0.1, 0.15) is 86.0 Å². The first-order valence-electron chi connectivity index (χ1n) is 13.3. The highest BCUT2D eigenvalue weighted by Crippen LogP contribution is 2.68. The van der Waals surface area contributed by atoms with Gasteiger partial charge in [-0.15, -0.1) is 0 Å². The van der Waals surface area contributed by atoms with E-state index in [0.29, 0.717) is 23.0 Å². The smallest absolute Gasteiger partial charge is 0.192 e. The molecule has 0 amide bonds. The summed E-state index contributed by atoms with van der Waals surface area (Å²) in [6, 6.07) is 0. The Morgan fingerprint density at radius 1 is 1.22 bits per heavy atom. The predicted molar refractivity (Wildman–Crippen MR) is 147 cm³/mol. The lowest BCUT2D eigenvalue weighted by Gasteiger charge is -2.44. The van der Waals surface area contributed by atoms with Gasteiger partial charge in [0.15, 0.2) is 8.32 Å². The largest absolute Gasteiger partial charge is 0.414 e. The van der Waals surface area contributed by atoms with E-state index in [9.17, 15) is 0 Å². The highest BCUT2D eigenvalue weighted by atomic mass is 127. The van der Waals surface area contributed by atoms with Gasteiger partial charge in [-0.3, -0.25) is 0 Å². The maximum Gasteiger partial charge on any atom is 0.192 e. The molecule has 0 heterocycles. The van der Waals surface area contributed by atoms with Crippen LogP contribution in [0.3, 0.4) is 0 Å². The van der Waals surface area contributed by atoms with Crippen molar-refractivity contribution >= 4 is 30.9 Å². The van der Waals surface area contributed by atoms with Crippen molar-refractivity contribution < 1.29 is 9.16 Å². The summed E-state index contributed by atoms with van der Waals surface area (Å²) in [6.45, 7) is 17.0. The lowest BCUT2D eigenvalue weighted by atomic mass is 9.61. The Labute approximate surface area is 213 Å². The molecule has 4 rings (SSSR count). The molecule has 0 bridgehead atoms. The molecule has 4 saturated carbocycles. The zero-order valence-electron chi connectivity index (χ0n) is 22.1. The molecule has 2 nitrogen and oxygen atoms in total. The minimum atomic E-state index is -1.71. The van der Waals surface area contributed by atoms with Crippen molar-refractivity contribution in [1.29, 1.82) is 0 Å². The molecule has 4 aliphatic rings. The Balaban J connectivity index is 1.49. The molecular formula is C28H49IO2Si. The lowest BCUT2D eigenvalue weighted by Crippen LogP contribution is -2.44. The van der Waals surface area contributed by atoms with Gasteiger partial charge in [-0.1, -0.05) is 68.9 Å². The summed E-state index contributed by atoms with van der Waals surface area (Å²) < 4.78 is 14.5. The zero-order chi connectivity index (χ0) is 23.5. The predicted octanol–water partition coefficient (Wildman–Crippen LogP) is 8.41. The number of hydrogen-bond acceptors (Lipinski definition) is 2. The number of methoxy groups -OCH3 is 1. The molecule has 32 heavy (non-hydrogen) atoms. The monoisotopic (exact) mass is 572 g/mol. The van der Waals surface area contributed by atoms with Gasteiger partial charge >= 0.3 is 0 Å².